The number of unbranched alkanes of at least 4 members (excludes halogenated alkanes) is 1. The highest BCUT2D eigenvalue weighted by Crippen LogP contribution is 2.30. The second kappa shape index (κ2) is 8.81. The van der Waals surface area contributed by atoms with Crippen LogP contribution in [0.25, 0.3) is 0 Å². The van der Waals surface area contributed by atoms with Crippen LogP contribution in [0.4, 0.5) is 13.2 Å². The summed E-state index contributed by atoms with van der Waals surface area (Å²) in [6.07, 6.45) is -2.50. The molecule has 0 aromatic heterocycles. The highest BCUT2D eigenvalue weighted by Gasteiger charge is 2.29. The number of ether oxygens (including phenoxy) is 2. The Kier molecular flexibility index (Phi) is 7.40. The Morgan fingerprint density at radius 3 is 2.30 bits per heavy atom. The van der Waals surface area contributed by atoms with Crippen LogP contribution >= 0.6 is 0 Å². The van der Waals surface area contributed by atoms with Gasteiger partial charge in [0.05, 0.1) is 18.8 Å². The number of nitrogens with one attached hydrogen (secondary N) is 1. The number of alkyl halides is 3. The minimum Gasteiger partial charge on any atom is -0.494 e. The fraction of sp³-hybridized carbons (Fsp3) is 0.571. The monoisotopic (exact) mass is 291 g/mol. The largest absolute Gasteiger partial charge is 0.494 e. The second-order valence-electron chi connectivity index (χ2n) is 4.32. The van der Waals surface area contributed by atoms with E-state index in [1.807, 2.05) is 0 Å². The fourth-order valence-electron chi connectivity index (χ4n) is 1.58. The first-order chi connectivity index (χ1) is 9.54. The topological polar surface area (TPSA) is 30.5 Å². The van der Waals surface area contributed by atoms with Crippen LogP contribution < -0.4 is 10.1 Å². The van der Waals surface area contributed by atoms with E-state index in [-0.39, 0.29) is 0 Å². The van der Waals surface area contributed by atoms with E-state index >= 15 is 0 Å². The van der Waals surface area contributed by atoms with Crippen LogP contribution in [-0.2, 0) is 10.9 Å². The molecule has 0 saturated heterocycles. The molecule has 0 radical (unpaired) electrons. The summed E-state index contributed by atoms with van der Waals surface area (Å²) in [5, 5.41) is 3.20. The van der Waals surface area contributed by atoms with Gasteiger partial charge >= 0.3 is 6.18 Å². The zero-order valence-corrected chi connectivity index (χ0v) is 11.5. The predicted octanol–water partition coefficient (Wildman–Crippen LogP) is 3.10. The Bertz CT molecular complexity index is 366. The lowest BCUT2D eigenvalue weighted by Gasteiger charge is -2.09. The van der Waals surface area contributed by atoms with Crippen LogP contribution in [0.15, 0.2) is 24.3 Å². The smallest absolute Gasteiger partial charge is 0.416 e. The van der Waals surface area contributed by atoms with Gasteiger partial charge in [0.15, 0.2) is 0 Å². The number of methoxy groups -OCH3 is 1. The van der Waals surface area contributed by atoms with Gasteiger partial charge in [0.25, 0.3) is 0 Å². The van der Waals surface area contributed by atoms with E-state index < -0.39 is 11.7 Å². The van der Waals surface area contributed by atoms with Crippen molar-refractivity contribution >= 4 is 0 Å². The molecule has 0 atom stereocenters. The second-order valence-corrected chi connectivity index (χ2v) is 4.32. The molecule has 1 rings (SSSR count). The Morgan fingerprint density at radius 1 is 1.00 bits per heavy atom. The number of halogens is 3. The average Bonchev–Trinajstić information content (AvgIpc) is 2.41. The van der Waals surface area contributed by atoms with Crippen LogP contribution in [0.3, 0.4) is 0 Å². The molecule has 6 heteroatoms. The minimum atomic E-state index is -4.30. The van der Waals surface area contributed by atoms with Crippen molar-refractivity contribution in [1.29, 1.82) is 0 Å². The maximum atomic E-state index is 12.3. The first-order valence-corrected chi connectivity index (χ1v) is 6.54. The zero-order chi connectivity index (χ0) is 14.8. The van der Waals surface area contributed by atoms with Crippen molar-refractivity contribution < 1.29 is 22.6 Å². The summed E-state index contributed by atoms with van der Waals surface area (Å²) in [4.78, 5) is 0. The van der Waals surface area contributed by atoms with Gasteiger partial charge in [-0.25, -0.2) is 0 Å². The Morgan fingerprint density at radius 2 is 1.70 bits per heavy atom. The quantitative estimate of drug-likeness (QED) is 0.709. The summed E-state index contributed by atoms with van der Waals surface area (Å²) in [5.74, 6) is 0.463. The van der Waals surface area contributed by atoms with Gasteiger partial charge in [0, 0.05) is 13.7 Å². The van der Waals surface area contributed by atoms with E-state index in [0.717, 1.165) is 38.1 Å². The molecular weight excluding hydrogens is 271 g/mol. The molecule has 0 fully saturated rings. The Hall–Kier alpha value is -1.27. The third-order valence-corrected chi connectivity index (χ3v) is 2.68. The number of hydrogen-bond acceptors (Lipinski definition) is 3. The first-order valence-electron chi connectivity index (χ1n) is 6.54. The third kappa shape index (κ3) is 6.77. The van der Waals surface area contributed by atoms with E-state index in [2.05, 4.69) is 5.32 Å². The number of hydrogen-bond donors (Lipinski definition) is 1. The molecule has 0 saturated carbocycles. The van der Waals surface area contributed by atoms with E-state index in [1.165, 1.54) is 12.1 Å². The molecule has 0 heterocycles. The minimum absolute atomic E-state index is 0.463. The van der Waals surface area contributed by atoms with E-state index in [9.17, 15) is 13.2 Å². The molecule has 0 aliphatic carbocycles. The Labute approximate surface area is 117 Å². The van der Waals surface area contributed by atoms with Crippen molar-refractivity contribution in [3.05, 3.63) is 29.8 Å². The molecule has 0 aliphatic heterocycles. The van der Waals surface area contributed by atoms with Crippen LogP contribution in [0, 0.1) is 0 Å². The summed E-state index contributed by atoms with van der Waals surface area (Å²) >= 11 is 0. The lowest BCUT2D eigenvalue weighted by atomic mass is 10.2. The van der Waals surface area contributed by atoms with Gasteiger partial charge in [-0.3, -0.25) is 0 Å². The van der Waals surface area contributed by atoms with Crippen molar-refractivity contribution in [2.24, 2.45) is 0 Å². The molecule has 1 N–H and O–H groups in total. The van der Waals surface area contributed by atoms with Crippen molar-refractivity contribution in [1.82, 2.24) is 5.32 Å². The maximum Gasteiger partial charge on any atom is 0.416 e. The van der Waals surface area contributed by atoms with Gasteiger partial charge in [-0.05, 0) is 43.7 Å². The van der Waals surface area contributed by atoms with Gasteiger partial charge in [0.1, 0.15) is 5.75 Å². The summed E-state index contributed by atoms with van der Waals surface area (Å²) < 4.78 is 47.3. The molecule has 114 valence electrons. The van der Waals surface area contributed by atoms with Crippen molar-refractivity contribution in [2.75, 3.05) is 33.4 Å². The lowest BCUT2D eigenvalue weighted by molar-refractivity contribution is -0.137. The summed E-state index contributed by atoms with van der Waals surface area (Å²) in [5.41, 5.74) is -0.660. The molecule has 3 nitrogen and oxygen atoms in total. The lowest BCUT2D eigenvalue weighted by Crippen LogP contribution is -2.20. The molecule has 0 spiro atoms. The van der Waals surface area contributed by atoms with Crippen molar-refractivity contribution in [2.45, 2.75) is 19.0 Å². The van der Waals surface area contributed by atoms with Crippen LogP contribution in [0.5, 0.6) is 5.75 Å². The molecule has 0 bridgehead atoms. The van der Waals surface area contributed by atoms with Gasteiger partial charge in [0.2, 0.25) is 0 Å². The van der Waals surface area contributed by atoms with E-state index in [0.29, 0.717) is 19.0 Å². The van der Waals surface area contributed by atoms with Crippen molar-refractivity contribution in [3.63, 3.8) is 0 Å². The van der Waals surface area contributed by atoms with Crippen LogP contribution in [0.2, 0.25) is 0 Å². The zero-order valence-electron chi connectivity index (χ0n) is 11.5. The normalized spacial score (nSPS) is 11.6. The Balaban J connectivity index is 2.13. The van der Waals surface area contributed by atoms with Gasteiger partial charge in [-0.15, -0.1) is 0 Å². The van der Waals surface area contributed by atoms with Gasteiger partial charge in [-0.1, -0.05) is 0 Å². The van der Waals surface area contributed by atoms with Crippen LogP contribution in [0.1, 0.15) is 18.4 Å². The summed E-state index contributed by atoms with van der Waals surface area (Å²) in [7, 11) is 1.65. The highest BCUT2D eigenvalue weighted by atomic mass is 19.4. The highest BCUT2D eigenvalue weighted by molar-refractivity contribution is 5.28. The molecular formula is C14H20F3NO2. The molecule has 1 aromatic carbocycles. The molecule has 0 aliphatic rings. The predicted molar refractivity (Wildman–Crippen MR) is 70.9 cm³/mol. The maximum absolute atomic E-state index is 12.3. The number of rotatable bonds is 9. The molecule has 20 heavy (non-hydrogen) atoms. The standard InChI is InChI=1S/C14H20F3NO2/c1-19-11-9-18-8-2-3-10-20-13-6-4-12(5-7-13)14(15,16)17/h4-7,18H,2-3,8-11H2,1H3. The summed E-state index contributed by atoms with van der Waals surface area (Å²) in [6.45, 7) is 2.87. The van der Waals surface area contributed by atoms with E-state index in [4.69, 9.17) is 9.47 Å². The average molecular weight is 291 g/mol. The van der Waals surface area contributed by atoms with Crippen LogP contribution in [-0.4, -0.2) is 33.4 Å². The first kappa shape index (κ1) is 16.8. The molecule has 0 amide bonds. The molecule has 1 aromatic rings. The van der Waals surface area contributed by atoms with Gasteiger partial charge < -0.3 is 14.8 Å². The fourth-order valence-corrected chi connectivity index (χ4v) is 1.58. The van der Waals surface area contributed by atoms with Gasteiger partial charge in [-0.2, -0.15) is 13.2 Å². The van der Waals surface area contributed by atoms with E-state index in [1.54, 1.807) is 7.11 Å². The van der Waals surface area contributed by atoms with Crippen molar-refractivity contribution in [3.8, 4) is 5.75 Å². The third-order valence-electron chi connectivity index (χ3n) is 2.68. The summed E-state index contributed by atoms with van der Waals surface area (Å²) in [6, 6.07) is 4.75. The molecule has 0 unspecified atom stereocenters. The SMILES string of the molecule is COCCNCCCCOc1ccc(C(F)(F)F)cc1. The number of benzene rings is 1.